The summed E-state index contributed by atoms with van der Waals surface area (Å²) in [4.78, 5) is 2.61. The number of phenols is 1. The highest BCUT2D eigenvalue weighted by Crippen LogP contribution is 2.21. The van der Waals surface area contributed by atoms with Crippen LogP contribution in [0.3, 0.4) is 0 Å². The summed E-state index contributed by atoms with van der Waals surface area (Å²) in [7, 11) is 0. The van der Waals surface area contributed by atoms with Gasteiger partial charge < -0.3 is 10.4 Å². The van der Waals surface area contributed by atoms with Crippen LogP contribution in [0.2, 0.25) is 5.02 Å². The zero-order valence-corrected chi connectivity index (χ0v) is 11.1. The van der Waals surface area contributed by atoms with Gasteiger partial charge in [0.05, 0.1) is 0 Å². The molecule has 2 nitrogen and oxygen atoms in total. The van der Waals surface area contributed by atoms with E-state index in [-0.39, 0.29) is 5.75 Å². The van der Waals surface area contributed by atoms with Crippen LogP contribution < -0.4 is 5.32 Å². The molecule has 1 aromatic carbocycles. The predicted octanol–water partition coefficient (Wildman–Crippen LogP) is 3.71. The third-order valence-electron chi connectivity index (χ3n) is 2.45. The summed E-state index contributed by atoms with van der Waals surface area (Å²) in [5.41, 5.74) is 0.825. The lowest BCUT2D eigenvalue weighted by Crippen LogP contribution is -2.11. The van der Waals surface area contributed by atoms with E-state index in [1.54, 1.807) is 29.5 Å². The number of aromatic hydroxyl groups is 1. The van der Waals surface area contributed by atoms with Crippen molar-refractivity contribution in [2.45, 2.75) is 20.0 Å². The van der Waals surface area contributed by atoms with Gasteiger partial charge in [-0.15, -0.1) is 11.3 Å². The predicted molar refractivity (Wildman–Crippen MR) is 72.7 cm³/mol. The number of thiophene rings is 1. The first-order chi connectivity index (χ1) is 8.15. The minimum Gasteiger partial charge on any atom is -0.508 e. The topological polar surface area (TPSA) is 32.3 Å². The van der Waals surface area contributed by atoms with Gasteiger partial charge in [-0.3, -0.25) is 0 Å². The van der Waals surface area contributed by atoms with Crippen molar-refractivity contribution in [3.05, 3.63) is 50.7 Å². The van der Waals surface area contributed by atoms with Gasteiger partial charge in [-0.25, -0.2) is 0 Å². The summed E-state index contributed by atoms with van der Waals surface area (Å²) in [6.45, 7) is 3.52. The molecule has 0 aliphatic rings. The molecule has 0 fully saturated rings. The van der Waals surface area contributed by atoms with Crippen molar-refractivity contribution in [2.24, 2.45) is 0 Å². The fourth-order valence-electron chi connectivity index (χ4n) is 1.60. The molecule has 0 atom stereocenters. The Hall–Kier alpha value is -1.03. The molecule has 0 amide bonds. The fraction of sp³-hybridized carbons (Fsp3) is 0.231. The van der Waals surface area contributed by atoms with Crippen molar-refractivity contribution in [3.63, 3.8) is 0 Å². The van der Waals surface area contributed by atoms with Gasteiger partial charge in [0.25, 0.3) is 0 Å². The lowest BCUT2D eigenvalue weighted by Gasteiger charge is -2.06. The third-order valence-corrected chi connectivity index (χ3v) is 3.69. The molecule has 17 heavy (non-hydrogen) atoms. The van der Waals surface area contributed by atoms with Crippen molar-refractivity contribution in [1.29, 1.82) is 0 Å². The van der Waals surface area contributed by atoms with Gasteiger partial charge in [-0.1, -0.05) is 11.6 Å². The Bertz CT molecular complexity index is 510. The Morgan fingerprint density at radius 3 is 2.76 bits per heavy atom. The van der Waals surface area contributed by atoms with E-state index in [0.717, 1.165) is 12.1 Å². The molecule has 4 heteroatoms. The largest absolute Gasteiger partial charge is 0.508 e. The first-order valence-electron chi connectivity index (χ1n) is 5.38. The molecule has 0 aliphatic carbocycles. The van der Waals surface area contributed by atoms with Crippen LogP contribution in [0, 0.1) is 6.92 Å². The molecule has 1 heterocycles. The Kier molecular flexibility index (Phi) is 4.05. The van der Waals surface area contributed by atoms with Gasteiger partial charge >= 0.3 is 0 Å². The van der Waals surface area contributed by atoms with Gasteiger partial charge in [0.2, 0.25) is 0 Å². The number of halogens is 1. The lowest BCUT2D eigenvalue weighted by molar-refractivity contribution is 0.464. The van der Waals surface area contributed by atoms with Crippen molar-refractivity contribution in [2.75, 3.05) is 0 Å². The molecule has 0 spiro atoms. The van der Waals surface area contributed by atoms with E-state index >= 15 is 0 Å². The molecular weight excluding hydrogens is 254 g/mol. The number of rotatable bonds is 4. The number of aryl methyl sites for hydroxylation is 1. The SMILES string of the molecule is Cc1ccc(CNCc2cc(Cl)ccc2O)s1. The molecule has 2 rings (SSSR count). The average Bonchev–Trinajstić information content (AvgIpc) is 2.69. The van der Waals surface area contributed by atoms with E-state index in [9.17, 15) is 5.11 Å². The highest BCUT2D eigenvalue weighted by atomic mass is 35.5. The Morgan fingerprint density at radius 2 is 2.06 bits per heavy atom. The number of phenolic OH excluding ortho intramolecular Hbond substituents is 1. The van der Waals surface area contributed by atoms with E-state index in [2.05, 4.69) is 24.4 Å². The number of nitrogens with one attached hydrogen (secondary N) is 1. The van der Waals surface area contributed by atoms with Crippen molar-refractivity contribution >= 4 is 22.9 Å². The zero-order valence-electron chi connectivity index (χ0n) is 9.53. The minimum atomic E-state index is 0.282. The monoisotopic (exact) mass is 267 g/mol. The normalized spacial score (nSPS) is 10.7. The third kappa shape index (κ3) is 3.46. The van der Waals surface area contributed by atoms with Crippen molar-refractivity contribution in [1.82, 2.24) is 5.32 Å². The van der Waals surface area contributed by atoms with Gasteiger partial charge in [0.1, 0.15) is 5.75 Å². The van der Waals surface area contributed by atoms with Crippen LogP contribution in [-0.2, 0) is 13.1 Å². The van der Waals surface area contributed by atoms with Crippen LogP contribution in [0.25, 0.3) is 0 Å². The molecule has 0 saturated heterocycles. The molecule has 90 valence electrons. The van der Waals surface area contributed by atoms with E-state index in [1.165, 1.54) is 9.75 Å². The summed E-state index contributed by atoms with van der Waals surface area (Å²) < 4.78 is 0. The van der Waals surface area contributed by atoms with Crippen LogP contribution in [0.5, 0.6) is 5.75 Å². The minimum absolute atomic E-state index is 0.282. The Morgan fingerprint density at radius 1 is 1.24 bits per heavy atom. The van der Waals surface area contributed by atoms with E-state index < -0.39 is 0 Å². The van der Waals surface area contributed by atoms with Crippen LogP contribution in [0.4, 0.5) is 0 Å². The average molecular weight is 268 g/mol. The number of hydrogen-bond acceptors (Lipinski definition) is 3. The highest BCUT2D eigenvalue weighted by Gasteiger charge is 2.02. The summed E-state index contributed by atoms with van der Waals surface area (Å²) >= 11 is 7.66. The molecule has 0 saturated carbocycles. The summed E-state index contributed by atoms with van der Waals surface area (Å²) in [6, 6.07) is 9.31. The Labute approximate surface area is 110 Å². The fourth-order valence-corrected chi connectivity index (χ4v) is 2.65. The molecule has 1 aromatic heterocycles. The number of benzene rings is 1. The first-order valence-corrected chi connectivity index (χ1v) is 6.58. The quantitative estimate of drug-likeness (QED) is 0.885. The van der Waals surface area contributed by atoms with E-state index in [1.807, 2.05) is 0 Å². The molecule has 2 N–H and O–H groups in total. The summed E-state index contributed by atoms with van der Waals surface area (Å²) in [5, 5.41) is 13.6. The van der Waals surface area contributed by atoms with E-state index in [0.29, 0.717) is 11.6 Å². The number of hydrogen-bond donors (Lipinski definition) is 2. The van der Waals surface area contributed by atoms with Gasteiger partial charge in [0, 0.05) is 33.4 Å². The van der Waals surface area contributed by atoms with Crippen LogP contribution in [0.15, 0.2) is 30.3 Å². The summed E-state index contributed by atoms with van der Waals surface area (Å²) in [6.07, 6.45) is 0. The highest BCUT2D eigenvalue weighted by molar-refractivity contribution is 7.11. The standard InChI is InChI=1S/C13H14ClNOS/c1-9-2-4-12(17-9)8-15-7-10-6-11(14)3-5-13(10)16/h2-6,15-16H,7-8H2,1H3. The summed E-state index contributed by atoms with van der Waals surface area (Å²) in [5.74, 6) is 0.282. The molecule has 0 bridgehead atoms. The lowest BCUT2D eigenvalue weighted by atomic mass is 10.2. The second kappa shape index (κ2) is 5.54. The maximum Gasteiger partial charge on any atom is 0.120 e. The van der Waals surface area contributed by atoms with Crippen LogP contribution in [-0.4, -0.2) is 5.11 Å². The second-order valence-corrected chi connectivity index (χ2v) is 5.70. The molecule has 0 aliphatic heterocycles. The smallest absolute Gasteiger partial charge is 0.120 e. The van der Waals surface area contributed by atoms with Crippen molar-refractivity contribution in [3.8, 4) is 5.75 Å². The second-order valence-electron chi connectivity index (χ2n) is 3.89. The molecule has 0 unspecified atom stereocenters. The molecule has 2 aromatic rings. The maximum atomic E-state index is 9.64. The van der Waals surface area contributed by atoms with Crippen molar-refractivity contribution < 1.29 is 5.11 Å². The van der Waals surface area contributed by atoms with Crippen LogP contribution in [0.1, 0.15) is 15.3 Å². The first kappa shape index (κ1) is 12.4. The molecular formula is C13H14ClNOS. The van der Waals surface area contributed by atoms with Crippen LogP contribution >= 0.6 is 22.9 Å². The van der Waals surface area contributed by atoms with Gasteiger partial charge in [0.15, 0.2) is 0 Å². The molecule has 0 radical (unpaired) electrons. The van der Waals surface area contributed by atoms with Gasteiger partial charge in [-0.2, -0.15) is 0 Å². The van der Waals surface area contributed by atoms with Gasteiger partial charge in [-0.05, 0) is 37.3 Å². The Balaban J connectivity index is 1.91. The zero-order chi connectivity index (χ0) is 12.3. The van der Waals surface area contributed by atoms with E-state index in [4.69, 9.17) is 11.6 Å². The maximum absolute atomic E-state index is 9.64.